The first-order chi connectivity index (χ1) is 10.2. The summed E-state index contributed by atoms with van der Waals surface area (Å²) in [5.41, 5.74) is 5.29. The molecule has 0 heterocycles. The molecule has 4 heteroatoms. The molecule has 0 aromatic heterocycles. The first-order valence-electron chi connectivity index (χ1n) is 8.84. The number of rotatable bonds is 16. The molecular weight excluding hydrogens is 266 g/mol. The lowest BCUT2D eigenvalue weighted by molar-refractivity contribution is 0.00776. The Morgan fingerprint density at radius 1 is 0.810 bits per heavy atom. The van der Waals surface area contributed by atoms with E-state index < -0.39 is 12.2 Å². The number of nitrogens with two attached hydrogens (primary N) is 1. The van der Waals surface area contributed by atoms with Crippen molar-refractivity contribution < 1.29 is 14.9 Å². The summed E-state index contributed by atoms with van der Waals surface area (Å²) < 4.78 is 5.41. The molecule has 128 valence electrons. The third kappa shape index (κ3) is 16.0. The van der Waals surface area contributed by atoms with E-state index in [4.69, 9.17) is 10.5 Å². The van der Waals surface area contributed by atoms with Crippen molar-refractivity contribution in [3.8, 4) is 0 Å². The van der Waals surface area contributed by atoms with Gasteiger partial charge >= 0.3 is 0 Å². The van der Waals surface area contributed by atoms with Crippen LogP contribution in [0.3, 0.4) is 0 Å². The fraction of sp³-hybridized carbons (Fsp3) is 1.00. The molecule has 21 heavy (non-hydrogen) atoms. The fourth-order valence-electron chi connectivity index (χ4n) is 2.39. The van der Waals surface area contributed by atoms with Crippen LogP contribution in [0, 0.1) is 0 Å². The Balaban J connectivity index is 3.12. The third-order valence-corrected chi connectivity index (χ3v) is 3.77. The summed E-state index contributed by atoms with van der Waals surface area (Å²) in [4.78, 5) is 0. The smallest absolute Gasteiger partial charge is 0.0798 e. The summed E-state index contributed by atoms with van der Waals surface area (Å²) in [5, 5.41) is 18.9. The van der Waals surface area contributed by atoms with Crippen molar-refractivity contribution in [2.24, 2.45) is 5.73 Å². The Kier molecular flexibility index (Phi) is 16.1. The molecular formula is C17H37NO3. The van der Waals surface area contributed by atoms with E-state index in [1.807, 2.05) is 0 Å². The average Bonchev–Trinajstić information content (AvgIpc) is 2.48. The highest BCUT2D eigenvalue weighted by atomic mass is 16.5. The summed E-state index contributed by atoms with van der Waals surface area (Å²) in [6.45, 7) is 3.44. The van der Waals surface area contributed by atoms with Gasteiger partial charge in [0.25, 0.3) is 0 Å². The average molecular weight is 303 g/mol. The highest BCUT2D eigenvalue weighted by molar-refractivity contribution is 4.63. The molecule has 0 fully saturated rings. The van der Waals surface area contributed by atoms with Crippen LogP contribution in [-0.2, 0) is 4.74 Å². The van der Waals surface area contributed by atoms with Crippen molar-refractivity contribution in [1.82, 2.24) is 0 Å². The Bertz CT molecular complexity index is 202. The van der Waals surface area contributed by atoms with Crippen LogP contribution in [0.25, 0.3) is 0 Å². The molecule has 0 aliphatic heterocycles. The molecule has 0 amide bonds. The quantitative estimate of drug-likeness (QED) is 0.383. The van der Waals surface area contributed by atoms with E-state index in [-0.39, 0.29) is 6.54 Å². The Morgan fingerprint density at radius 3 is 1.86 bits per heavy atom. The van der Waals surface area contributed by atoms with Gasteiger partial charge in [0, 0.05) is 19.6 Å². The summed E-state index contributed by atoms with van der Waals surface area (Å²) >= 11 is 0. The first kappa shape index (κ1) is 20.8. The summed E-state index contributed by atoms with van der Waals surface area (Å²) in [7, 11) is 0. The zero-order valence-corrected chi connectivity index (χ0v) is 13.9. The van der Waals surface area contributed by atoms with E-state index in [2.05, 4.69) is 6.92 Å². The molecule has 0 saturated heterocycles. The molecule has 0 aromatic rings. The number of unbranched alkanes of at least 4 members (excludes halogenated alkanes) is 9. The van der Waals surface area contributed by atoms with Gasteiger partial charge in [-0.1, -0.05) is 64.7 Å². The van der Waals surface area contributed by atoms with Crippen molar-refractivity contribution in [3.05, 3.63) is 0 Å². The van der Waals surface area contributed by atoms with Gasteiger partial charge in [0.15, 0.2) is 0 Å². The zero-order valence-electron chi connectivity index (χ0n) is 13.9. The van der Waals surface area contributed by atoms with Crippen molar-refractivity contribution in [2.75, 3.05) is 19.8 Å². The molecule has 2 unspecified atom stereocenters. The van der Waals surface area contributed by atoms with E-state index in [0.29, 0.717) is 19.6 Å². The molecule has 0 aliphatic rings. The van der Waals surface area contributed by atoms with Crippen molar-refractivity contribution in [1.29, 1.82) is 0 Å². The van der Waals surface area contributed by atoms with Crippen LogP contribution in [0.4, 0.5) is 0 Å². The van der Waals surface area contributed by atoms with E-state index in [0.717, 1.165) is 6.42 Å². The maximum Gasteiger partial charge on any atom is 0.0798 e. The van der Waals surface area contributed by atoms with E-state index in [9.17, 15) is 10.2 Å². The van der Waals surface area contributed by atoms with Gasteiger partial charge in [-0.05, 0) is 6.42 Å². The van der Waals surface area contributed by atoms with Crippen LogP contribution in [-0.4, -0.2) is 42.2 Å². The second-order valence-electron chi connectivity index (χ2n) is 6.04. The van der Waals surface area contributed by atoms with Gasteiger partial charge in [-0.25, -0.2) is 0 Å². The van der Waals surface area contributed by atoms with Crippen LogP contribution >= 0.6 is 0 Å². The van der Waals surface area contributed by atoms with E-state index >= 15 is 0 Å². The zero-order chi connectivity index (χ0) is 15.8. The van der Waals surface area contributed by atoms with E-state index in [1.54, 1.807) is 0 Å². The van der Waals surface area contributed by atoms with Crippen molar-refractivity contribution >= 4 is 0 Å². The van der Waals surface area contributed by atoms with Crippen molar-refractivity contribution in [3.63, 3.8) is 0 Å². The SMILES string of the molecule is CCCCCCCCCCCCOCC(O)CC(O)CN. The van der Waals surface area contributed by atoms with Crippen LogP contribution in [0.2, 0.25) is 0 Å². The number of aliphatic hydroxyl groups is 2. The summed E-state index contributed by atoms with van der Waals surface area (Å²) in [6.07, 6.45) is 12.2. The van der Waals surface area contributed by atoms with Gasteiger partial charge in [-0.3, -0.25) is 0 Å². The molecule has 0 bridgehead atoms. The monoisotopic (exact) mass is 303 g/mol. The molecule has 0 rings (SSSR count). The lowest BCUT2D eigenvalue weighted by atomic mass is 10.1. The Morgan fingerprint density at radius 2 is 1.33 bits per heavy atom. The second-order valence-corrected chi connectivity index (χ2v) is 6.04. The molecule has 4 nitrogen and oxygen atoms in total. The maximum absolute atomic E-state index is 9.57. The van der Waals surface area contributed by atoms with Crippen LogP contribution < -0.4 is 5.73 Å². The van der Waals surface area contributed by atoms with Gasteiger partial charge in [-0.15, -0.1) is 0 Å². The number of ether oxygens (including phenoxy) is 1. The van der Waals surface area contributed by atoms with Gasteiger partial charge in [-0.2, -0.15) is 0 Å². The molecule has 0 spiro atoms. The molecule has 0 saturated carbocycles. The van der Waals surface area contributed by atoms with Crippen LogP contribution in [0.15, 0.2) is 0 Å². The van der Waals surface area contributed by atoms with Gasteiger partial charge in [0.2, 0.25) is 0 Å². The number of hydrogen-bond acceptors (Lipinski definition) is 4. The molecule has 0 aliphatic carbocycles. The van der Waals surface area contributed by atoms with Crippen molar-refractivity contribution in [2.45, 2.75) is 89.8 Å². The molecule has 2 atom stereocenters. The van der Waals surface area contributed by atoms with Crippen LogP contribution in [0.1, 0.15) is 77.6 Å². The minimum absolute atomic E-state index is 0.190. The fourth-order valence-corrected chi connectivity index (χ4v) is 2.39. The minimum atomic E-state index is -0.624. The molecule has 4 N–H and O–H groups in total. The summed E-state index contributed by atoms with van der Waals surface area (Å²) in [5.74, 6) is 0. The lowest BCUT2D eigenvalue weighted by Gasteiger charge is -2.14. The number of aliphatic hydroxyl groups excluding tert-OH is 2. The third-order valence-electron chi connectivity index (χ3n) is 3.77. The predicted octanol–water partition coefficient (Wildman–Crippen LogP) is 2.99. The summed E-state index contributed by atoms with van der Waals surface area (Å²) in [6, 6.07) is 0. The Labute approximate surface area is 131 Å². The van der Waals surface area contributed by atoms with E-state index in [1.165, 1.54) is 57.8 Å². The largest absolute Gasteiger partial charge is 0.392 e. The molecule has 0 aromatic carbocycles. The second kappa shape index (κ2) is 16.2. The number of hydrogen-bond donors (Lipinski definition) is 3. The van der Waals surface area contributed by atoms with Gasteiger partial charge in [0.1, 0.15) is 0 Å². The highest BCUT2D eigenvalue weighted by Gasteiger charge is 2.10. The standard InChI is InChI=1S/C17H37NO3/c1-2-3-4-5-6-7-8-9-10-11-12-21-15-17(20)13-16(19)14-18/h16-17,19-20H,2-15,18H2,1H3. The minimum Gasteiger partial charge on any atom is -0.392 e. The Hall–Kier alpha value is -0.160. The first-order valence-corrected chi connectivity index (χ1v) is 8.84. The molecule has 0 radical (unpaired) electrons. The maximum atomic E-state index is 9.57. The highest BCUT2D eigenvalue weighted by Crippen LogP contribution is 2.10. The van der Waals surface area contributed by atoms with Gasteiger partial charge in [0.05, 0.1) is 18.8 Å². The topological polar surface area (TPSA) is 75.7 Å². The van der Waals surface area contributed by atoms with Gasteiger partial charge < -0.3 is 20.7 Å². The predicted molar refractivity (Wildman–Crippen MR) is 88.3 cm³/mol. The van der Waals surface area contributed by atoms with Crippen LogP contribution in [0.5, 0.6) is 0 Å². The normalized spacial score (nSPS) is 14.3. The lowest BCUT2D eigenvalue weighted by Crippen LogP contribution is -2.28.